The second-order valence-corrected chi connectivity index (χ2v) is 6.39. The topological polar surface area (TPSA) is 110 Å². The summed E-state index contributed by atoms with van der Waals surface area (Å²) in [6.07, 6.45) is 0.163. The molecule has 142 valence electrons. The Kier molecular flexibility index (Phi) is 5.91. The minimum Gasteiger partial charge on any atom is -0.398 e. The number of carbonyl (C=O) groups is 2. The van der Waals surface area contributed by atoms with E-state index in [0.29, 0.717) is 29.2 Å². The minimum atomic E-state index is -0.244. The molecule has 0 saturated heterocycles. The monoisotopic (exact) mass is 374 g/mol. The van der Waals surface area contributed by atoms with Gasteiger partial charge in [0.25, 0.3) is 5.91 Å². The highest BCUT2D eigenvalue weighted by Crippen LogP contribution is 2.15. The summed E-state index contributed by atoms with van der Waals surface area (Å²) in [7, 11) is 0. The maximum absolute atomic E-state index is 12.4. The average molecular weight is 374 g/mol. The molecule has 6 N–H and O–H groups in total. The third kappa shape index (κ3) is 4.88. The van der Waals surface area contributed by atoms with Gasteiger partial charge in [-0.3, -0.25) is 9.59 Å². The summed E-state index contributed by atoms with van der Waals surface area (Å²) in [6, 6.07) is 21.4. The number of nitrogen functional groups attached to an aromatic ring is 2. The summed E-state index contributed by atoms with van der Waals surface area (Å²) in [5.41, 5.74) is 15.6. The molecule has 28 heavy (non-hydrogen) atoms. The summed E-state index contributed by atoms with van der Waals surface area (Å²) in [5.74, 6) is -0.445. The number of hydrogen-bond acceptors (Lipinski definition) is 4. The summed E-state index contributed by atoms with van der Waals surface area (Å²) in [6.45, 7) is 0.329. The van der Waals surface area contributed by atoms with Crippen LogP contribution in [0.3, 0.4) is 0 Å². The fraction of sp³-hybridized carbons (Fsp3) is 0.0909. The van der Waals surface area contributed by atoms with Crippen LogP contribution in [0, 0.1) is 0 Å². The quantitative estimate of drug-likeness (QED) is 0.497. The number of nitrogens with one attached hydrogen (secondary N) is 2. The van der Waals surface area contributed by atoms with Crippen molar-refractivity contribution in [2.45, 2.75) is 13.0 Å². The number of nitrogens with two attached hydrogens (primary N) is 2. The van der Waals surface area contributed by atoms with Gasteiger partial charge in [0.1, 0.15) is 0 Å². The van der Waals surface area contributed by atoms with Gasteiger partial charge < -0.3 is 22.1 Å². The first-order chi connectivity index (χ1) is 13.5. The highest BCUT2D eigenvalue weighted by Gasteiger charge is 2.10. The zero-order valence-electron chi connectivity index (χ0n) is 15.3. The van der Waals surface area contributed by atoms with Crippen molar-refractivity contribution in [1.82, 2.24) is 5.32 Å². The van der Waals surface area contributed by atoms with Gasteiger partial charge in [0, 0.05) is 29.2 Å². The fourth-order valence-corrected chi connectivity index (χ4v) is 2.78. The third-order valence-corrected chi connectivity index (χ3v) is 4.31. The SMILES string of the molecule is Nc1ccccc1CNC(=O)c1cccc(NC(=O)Cc2ccccc2N)c1. The number of amides is 2. The molecule has 0 aliphatic heterocycles. The maximum atomic E-state index is 12.4. The standard InChI is InChI=1S/C22H22N4O2/c23-19-10-3-1-6-15(19)13-21(27)26-18-9-5-8-16(12-18)22(28)25-14-17-7-2-4-11-20(17)24/h1-12H,13-14,23-24H2,(H,25,28)(H,26,27). The van der Waals surface area contributed by atoms with Crippen molar-refractivity contribution < 1.29 is 9.59 Å². The second-order valence-electron chi connectivity index (χ2n) is 6.39. The van der Waals surface area contributed by atoms with E-state index in [1.807, 2.05) is 36.4 Å². The van der Waals surface area contributed by atoms with Gasteiger partial charge in [-0.25, -0.2) is 0 Å². The molecule has 0 fully saturated rings. The lowest BCUT2D eigenvalue weighted by atomic mass is 10.1. The molecule has 0 radical (unpaired) electrons. The molecule has 0 bridgehead atoms. The summed E-state index contributed by atoms with van der Waals surface area (Å²) in [4.78, 5) is 24.7. The number of hydrogen-bond donors (Lipinski definition) is 4. The largest absolute Gasteiger partial charge is 0.398 e. The molecule has 0 heterocycles. The Morgan fingerprint density at radius 3 is 2.11 bits per heavy atom. The molecular formula is C22H22N4O2. The molecule has 0 spiro atoms. The van der Waals surface area contributed by atoms with E-state index >= 15 is 0 Å². The van der Waals surface area contributed by atoms with Crippen molar-refractivity contribution in [3.8, 4) is 0 Å². The zero-order chi connectivity index (χ0) is 19.9. The van der Waals surface area contributed by atoms with Crippen LogP contribution in [0.5, 0.6) is 0 Å². The first kappa shape index (κ1) is 19.0. The van der Waals surface area contributed by atoms with E-state index in [2.05, 4.69) is 10.6 Å². The van der Waals surface area contributed by atoms with Crippen LogP contribution < -0.4 is 22.1 Å². The van der Waals surface area contributed by atoms with Crippen LogP contribution in [-0.2, 0) is 17.8 Å². The summed E-state index contributed by atoms with van der Waals surface area (Å²) >= 11 is 0. The van der Waals surface area contributed by atoms with Crippen LogP contribution in [0.2, 0.25) is 0 Å². The zero-order valence-corrected chi connectivity index (χ0v) is 15.3. The van der Waals surface area contributed by atoms with E-state index in [9.17, 15) is 9.59 Å². The minimum absolute atomic E-state index is 0.163. The number of carbonyl (C=O) groups excluding carboxylic acids is 2. The van der Waals surface area contributed by atoms with Crippen molar-refractivity contribution >= 4 is 28.9 Å². The molecule has 3 aromatic rings. The van der Waals surface area contributed by atoms with E-state index < -0.39 is 0 Å². The molecule has 3 rings (SSSR count). The van der Waals surface area contributed by atoms with Gasteiger partial charge in [-0.05, 0) is 41.5 Å². The van der Waals surface area contributed by atoms with E-state index in [1.165, 1.54) is 0 Å². The molecular weight excluding hydrogens is 352 g/mol. The molecule has 0 saturated carbocycles. The third-order valence-electron chi connectivity index (χ3n) is 4.31. The molecule has 0 aromatic heterocycles. The predicted molar refractivity (Wildman–Crippen MR) is 112 cm³/mol. The Bertz CT molecular complexity index is 1000. The molecule has 0 aliphatic carbocycles. The Morgan fingerprint density at radius 2 is 1.43 bits per heavy atom. The number of para-hydroxylation sites is 2. The lowest BCUT2D eigenvalue weighted by Gasteiger charge is -2.10. The molecule has 0 unspecified atom stereocenters. The van der Waals surface area contributed by atoms with Gasteiger partial charge in [0.15, 0.2) is 0 Å². The number of benzene rings is 3. The fourth-order valence-electron chi connectivity index (χ4n) is 2.78. The Hall–Kier alpha value is -3.80. The van der Waals surface area contributed by atoms with E-state index in [1.54, 1.807) is 36.4 Å². The van der Waals surface area contributed by atoms with Gasteiger partial charge in [-0.2, -0.15) is 0 Å². The van der Waals surface area contributed by atoms with Crippen molar-refractivity contribution in [2.75, 3.05) is 16.8 Å². The molecule has 6 nitrogen and oxygen atoms in total. The van der Waals surface area contributed by atoms with Crippen molar-refractivity contribution in [2.24, 2.45) is 0 Å². The number of rotatable bonds is 6. The van der Waals surface area contributed by atoms with Crippen molar-refractivity contribution in [3.63, 3.8) is 0 Å². The lowest BCUT2D eigenvalue weighted by molar-refractivity contribution is -0.115. The molecule has 3 aromatic carbocycles. The lowest BCUT2D eigenvalue weighted by Crippen LogP contribution is -2.23. The van der Waals surface area contributed by atoms with E-state index in [0.717, 1.165) is 11.1 Å². The van der Waals surface area contributed by atoms with E-state index in [4.69, 9.17) is 11.5 Å². The molecule has 0 atom stereocenters. The second kappa shape index (κ2) is 8.73. The molecule has 6 heteroatoms. The first-order valence-corrected chi connectivity index (χ1v) is 8.88. The Labute approximate surface area is 163 Å². The van der Waals surface area contributed by atoms with Crippen LogP contribution >= 0.6 is 0 Å². The number of anilines is 3. The van der Waals surface area contributed by atoms with Gasteiger partial charge >= 0.3 is 0 Å². The van der Waals surface area contributed by atoms with Gasteiger partial charge in [-0.1, -0.05) is 42.5 Å². The predicted octanol–water partition coefficient (Wildman–Crippen LogP) is 2.96. The van der Waals surface area contributed by atoms with E-state index in [-0.39, 0.29) is 18.2 Å². The van der Waals surface area contributed by atoms with Gasteiger partial charge in [-0.15, -0.1) is 0 Å². The molecule has 0 aliphatic rings. The summed E-state index contributed by atoms with van der Waals surface area (Å²) < 4.78 is 0. The van der Waals surface area contributed by atoms with Gasteiger partial charge in [0.2, 0.25) is 5.91 Å². The first-order valence-electron chi connectivity index (χ1n) is 8.88. The van der Waals surface area contributed by atoms with Crippen LogP contribution in [0.15, 0.2) is 72.8 Å². The normalized spacial score (nSPS) is 10.3. The van der Waals surface area contributed by atoms with Crippen molar-refractivity contribution in [3.05, 3.63) is 89.5 Å². The maximum Gasteiger partial charge on any atom is 0.251 e. The van der Waals surface area contributed by atoms with Crippen LogP contribution in [-0.4, -0.2) is 11.8 Å². The van der Waals surface area contributed by atoms with Crippen molar-refractivity contribution in [1.29, 1.82) is 0 Å². The van der Waals surface area contributed by atoms with Gasteiger partial charge in [0.05, 0.1) is 6.42 Å². The van der Waals surface area contributed by atoms with Crippen LogP contribution in [0.25, 0.3) is 0 Å². The highest BCUT2D eigenvalue weighted by molar-refractivity contribution is 5.97. The van der Waals surface area contributed by atoms with Crippen LogP contribution in [0.1, 0.15) is 21.5 Å². The summed E-state index contributed by atoms with van der Waals surface area (Å²) in [5, 5.41) is 5.64. The Morgan fingerprint density at radius 1 is 0.786 bits per heavy atom. The highest BCUT2D eigenvalue weighted by atomic mass is 16.2. The Balaban J connectivity index is 1.61. The van der Waals surface area contributed by atoms with Crippen LogP contribution in [0.4, 0.5) is 17.1 Å². The molecule has 2 amide bonds. The smallest absolute Gasteiger partial charge is 0.251 e. The average Bonchev–Trinajstić information content (AvgIpc) is 2.69.